The number of ether oxygens (including phenoxy) is 1. The van der Waals surface area contributed by atoms with E-state index in [1.165, 1.54) is 31.5 Å². The van der Waals surface area contributed by atoms with Gasteiger partial charge in [-0.3, -0.25) is 14.9 Å². The fourth-order valence-electron chi connectivity index (χ4n) is 1.82. The lowest BCUT2D eigenvalue weighted by atomic mass is 10.2. The molecule has 0 saturated carbocycles. The van der Waals surface area contributed by atoms with Gasteiger partial charge in [-0.2, -0.15) is 4.72 Å². The van der Waals surface area contributed by atoms with Gasteiger partial charge in [-0.15, -0.1) is 0 Å². The Kier molecular flexibility index (Phi) is 6.36. The lowest BCUT2D eigenvalue weighted by Gasteiger charge is -2.13. The minimum Gasteiger partial charge on any atom is -0.452 e. The average molecular weight is 378 g/mol. The van der Waals surface area contributed by atoms with Crippen molar-refractivity contribution in [3.63, 3.8) is 0 Å². The number of benzene rings is 1. The molecule has 1 amide bonds. The smallest absolute Gasteiger partial charge is 0.321 e. The molecule has 2 rings (SSSR count). The summed E-state index contributed by atoms with van der Waals surface area (Å²) in [6.07, 6.45) is 1.74. The summed E-state index contributed by atoms with van der Waals surface area (Å²) in [4.78, 5) is 31.3. The van der Waals surface area contributed by atoms with E-state index in [9.17, 15) is 18.0 Å². The Morgan fingerprint density at radius 2 is 1.77 bits per heavy atom. The van der Waals surface area contributed by atoms with E-state index in [-0.39, 0.29) is 10.8 Å². The summed E-state index contributed by atoms with van der Waals surface area (Å²) in [5.74, 6) is -1.45. The van der Waals surface area contributed by atoms with Gasteiger partial charge in [0.05, 0.1) is 4.90 Å². The van der Waals surface area contributed by atoms with Crippen LogP contribution < -0.4 is 10.0 Å². The number of amides is 1. The summed E-state index contributed by atoms with van der Waals surface area (Å²) in [6, 6.07) is 7.73. The first kappa shape index (κ1) is 19.5. The van der Waals surface area contributed by atoms with Gasteiger partial charge in [0, 0.05) is 12.4 Å². The quantitative estimate of drug-likeness (QED) is 0.677. The summed E-state index contributed by atoms with van der Waals surface area (Å²) in [5, 5.41) is 2.37. The molecule has 10 heteroatoms. The fourth-order valence-corrected chi connectivity index (χ4v) is 2.79. The molecule has 1 heterocycles. The second kappa shape index (κ2) is 8.50. The van der Waals surface area contributed by atoms with Crippen molar-refractivity contribution in [2.24, 2.45) is 0 Å². The monoisotopic (exact) mass is 378 g/mol. The maximum absolute atomic E-state index is 12.1. The molecule has 0 spiro atoms. The molecule has 0 saturated heterocycles. The van der Waals surface area contributed by atoms with Gasteiger partial charge in [0.2, 0.25) is 16.0 Å². The van der Waals surface area contributed by atoms with Gasteiger partial charge in [-0.1, -0.05) is 17.7 Å². The van der Waals surface area contributed by atoms with Crippen LogP contribution in [0.1, 0.15) is 12.5 Å². The van der Waals surface area contributed by atoms with Crippen LogP contribution in [0.4, 0.5) is 5.95 Å². The van der Waals surface area contributed by atoms with E-state index >= 15 is 0 Å². The zero-order valence-corrected chi connectivity index (χ0v) is 15.0. The molecule has 9 nitrogen and oxygen atoms in total. The van der Waals surface area contributed by atoms with Gasteiger partial charge in [0.25, 0.3) is 5.91 Å². The van der Waals surface area contributed by atoms with Gasteiger partial charge in [0.1, 0.15) is 6.54 Å². The Hall–Kier alpha value is -2.85. The second-order valence-electron chi connectivity index (χ2n) is 5.33. The number of nitrogens with one attached hydrogen (secondary N) is 2. The number of rotatable bonds is 7. The van der Waals surface area contributed by atoms with Gasteiger partial charge in [0.15, 0.2) is 6.10 Å². The van der Waals surface area contributed by atoms with Gasteiger partial charge < -0.3 is 4.74 Å². The molecule has 0 bridgehead atoms. The second-order valence-corrected chi connectivity index (χ2v) is 7.10. The Bertz CT molecular complexity index is 869. The number of carbonyl (C=O) groups excluding carboxylic acids is 2. The molecule has 0 aliphatic carbocycles. The van der Waals surface area contributed by atoms with E-state index in [4.69, 9.17) is 4.74 Å². The average Bonchev–Trinajstić information content (AvgIpc) is 2.61. The first-order chi connectivity index (χ1) is 12.3. The predicted octanol–water partition coefficient (Wildman–Crippen LogP) is 0.634. The molecule has 1 unspecified atom stereocenters. The Balaban J connectivity index is 1.85. The van der Waals surface area contributed by atoms with E-state index in [2.05, 4.69) is 20.0 Å². The van der Waals surface area contributed by atoms with Crippen LogP contribution in [-0.4, -0.2) is 42.9 Å². The number of sulfonamides is 1. The maximum atomic E-state index is 12.1. The van der Waals surface area contributed by atoms with E-state index in [0.717, 1.165) is 5.56 Å². The lowest BCUT2D eigenvalue weighted by molar-refractivity contribution is -0.151. The fraction of sp³-hybridized carbons (Fsp3) is 0.250. The number of esters is 1. The number of carbonyl (C=O) groups is 2. The highest BCUT2D eigenvalue weighted by atomic mass is 32.2. The van der Waals surface area contributed by atoms with E-state index in [1.807, 2.05) is 6.92 Å². The third-order valence-electron chi connectivity index (χ3n) is 3.22. The first-order valence-electron chi connectivity index (χ1n) is 7.61. The minimum absolute atomic E-state index is 0.0305. The highest BCUT2D eigenvalue weighted by Gasteiger charge is 2.21. The number of nitrogens with zero attached hydrogens (tertiary/aromatic N) is 2. The third kappa shape index (κ3) is 5.60. The zero-order chi connectivity index (χ0) is 19.2. The minimum atomic E-state index is -3.85. The molecular formula is C16H18N4O5S. The number of aromatic nitrogens is 2. The molecular weight excluding hydrogens is 360 g/mol. The zero-order valence-electron chi connectivity index (χ0n) is 14.2. The van der Waals surface area contributed by atoms with Crippen LogP contribution in [0, 0.1) is 6.92 Å². The summed E-state index contributed by atoms with van der Waals surface area (Å²) in [7, 11) is -3.85. The first-order valence-corrected chi connectivity index (χ1v) is 9.10. The van der Waals surface area contributed by atoms with Gasteiger partial charge >= 0.3 is 5.97 Å². The molecule has 2 aromatic rings. The van der Waals surface area contributed by atoms with Gasteiger partial charge in [-0.25, -0.2) is 18.4 Å². The highest BCUT2D eigenvalue weighted by molar-refractivity contribution is 7.89. The Morgan fingerprint density at radius 1 is 1.15 bits per heavy atom. The topological polar surface area (TPSA) is 127 Å². The van der Waals surface area contributed by atoms with Crippen molar-refractivity contribution in [2.75, 3.05) is 11.9 Å². The van der Waals surface area contributed by atoms with Crippen molar-refractivity contribution >= 4 is 27.8 Å². The molecule has 1 aromatic heterocycles. The number of aryl methyl sites for hydroxylation is 1. The molecule has 0 aliphatic heterocycles. The molecule has 2 N–H and O–H groups in total. The molecule has 138 valence electrons. The van der Waals surface area contributed by atoms with Crippen molar-refractivity contribution in [1.82, 2.24) is 14.7 Å². The summed E-state index contributed by atoms with van der Waals surface area (Å²) in [6.45, 7) is 2.58. The molecule has 0 radical (unpaired) electrons. The maximum Gasteiger partial charge on any atom is 0.321 e. The Morgan fingerprint density at radius 3 is 2.38 bits per heavy atom. The summed E-state index contributed by atoms with van der Waals surface area (Å²) < 4.78 is 31.2. The number of hydrogen-bond donors (Lipinski definition) is 2. The normalized spacial score (nSPS) is 12.2. The van der Waals surface area contributed by atoms with E-state index < -0.39 is 34.5 Å². The van der Waals surface area contributed by atoms with Crippen molar-refractivity contribution in [1.29, 1.82) is 0 Å². The molecule has 1 aromatic carbocycles. The molecule has 26 heavy (non-hydrogen) atoms. The predicted molar refractivity (Wildman–Crippen MR) is 92.6 cm³/mol. The number of anilines is 1. The van der Waals surface area contributed by atoms with Crippen LogP contribution in [0.2, 0.25) is 0 Å². The van der Waals surface area contributed by atoms with Crippen molar-refractivity contribution in [3.05, 3.63) is 48.3 Å². The molecule has 1 atom stereocenters. The Labute approximate surface area is 150 Å². The van der Waals surface area contributed by atoms with Crippen molar-refractivity contribution in [3.8, 4) is 0 Å². The van der Waals surface area contributed by atoms with Crippen molar-refractivity contribution in [2.45, 2.75) is 24.8 Å². The van der Waals surface area contributed by atoms with E-state index in [1.54, 1.807) is 18.2 Å². The lowest BCUT2D eigenvalue weighted by Crippen LogP contribution is -2.36. The summed E-state index contributed by atoms with van der Waals surface area (Å²) >= 11 is 0. The largest absolute Gasteiger partial charge is 0.452 e. The van der Waals surface area contributed by atoms with E-state index in [0.29, 0.717) is 0 Å². The third-order valence-corrected chi connectivity index (χ3v) is 4.63. The van der Waals surface area contributed by atoms with Crippen molar-refractivity contribution < 1.29 is 22.7 Å². The molecule has 0 aliphatic rings. The van der Waals surface area contributed by atoms with Crippen LogP contribution in [0.5, 0.6) is 0 Å². The van der Waals surface area contributed by atoms with Crippen LogP contribution in [0.25, 0.3) is 0 Å². The van der Waals surface area contributed by atoms with Crippen LogP contribution >= 0.6 is 0 Å². The summed E-state index contributed by atoms with van der Waals surface area (Å²) in [5.41, 5.74) is 0.908. The molecule has 0 fully saturated rings. The standard InChI is InChI=1S/C16H18N4O5S/c1-11-4-6-13(7-5-11)26(23,24)19-10-14(21)25-12(2)15(22)20-16-17-8-3-9-18-16/h3-9,12,19H,10H2,1-2H3,(H,17,18,20,22). The van der Waals surface area contributed by atoms with Crippen LogP contribution in [-0.2, 0) is 24.3 Å². The highest BCUT2D eigenvalue weighted by Crippen LogP contribution is 2.09. The SMILES string of the molecule is Cc1ccc(S(=O)(=O)NCC(=O)OC(C)C(=O)Nc2ncccn2)cc1. The van der Waals surface area contributed by atoms with Crippen LogP contribution in [0.3, 0.4) is 0 Å². The number of hydrogen-bond acceptors (Lipinski definition) is 7. The van der Waals surface area contributed by atoms with Gasteiger partial charge in [-0.05, 0) is 32.0 Å². The van der Waals surface area contributed by atoms with Crippen LogP contribution in [0.15, 0.2) is 47.6 Å².